The van der Waals surface area contributed by atoms with E-state index < -0.39 is 0 Å². The molecule has 1 aliphatic carbocycles. The van der Waals surface area contributed by atoms with Gasteiger partial charge in [0.05, 0.1) is 6.61 Å². The SMILES string of the molecule is CC1=C(C[CH]/C(C)=C/CO)C(C)(C)CC1=O. The van der Waals surface area contributed by atoms with Crippen LogP contribution in [0.25, 0.3) is 0 Å². The third-order valence-corrected chi connectivity index (χ3v) is 3.33. The topological polar surface area (TPSA) is 37.3 Å². The van der Waals surface area contributed by atoms with Crippen LogP contribution in [0.1, 0.15) is 40.5 Å². The zero-order valence-electron chi connectivity index (χ0n) is 10.6. The maximum atomic E-state index is 11.6. The van der Waals surface area contributed by atoms with Gasteiger partial charge in [0.15, 0.2) is 5.78 Å². The van der Waals surface area contributed by atoms with Crippen LogP contribution in [-0.2, 0) is 4.79 Å². The maximum absolute atomic E-state index is 11.6. The zero-order valence-corrected chi connectivity index (χ0v) is 10.6. The van der Waals surface area contributed by atoms with Gasteiger partial charge in [0.2, 0.25) is 0 Å². The second kappa shape index (κ2) is 4.96. The van der Waals surface area contributed by atoms with Crippen LogP contribution in [0.2, 0.25) is 0 Å². The monoisotopic (exact) mass is 221 g/mol. The molecule has 0 amide bonds. The van der Waals surface area contributed by atoms with E-state index in [-0.39, 0.29) is 17.8 Å². The predicted molar refractivity (Wildman–Crippen MR) is 65.9 cm³/mol. The first kappa shape index (κ1) is 13.2. The van der Waals surface area contributed by atoms with Gasteiger partial charge in [-0.2, -0.15) is 0 Å². The Morgan fingerprint density at radius 3 is 2.56 bits per heavy atom. The van der Waals surface area contributed by atoms with Gasteiger partial charge in [-0.3, -0.25) is 4.79 Å². The Bertz CT molecular complexity index is 346. The molecule has 0 atom stereocenters. The van der Waals surface area contributed by atoms with E-state index in [9.17, 15) is 4.79 Å². The number of aliphatic hydroxyl groups excluding tert-OH is 1. The zero-order chi connectivity index (χ0) is 12.3. The lowest BCUT2D eigenvalue weighted by atomic mass is 9.82. The summed E-state index contributed by atoms with van der Waals surface area (Å²) in [5.74, 6) is 0.275. The Morgan fingerprint density at radius 1 is 1.50 bits per heavy atom. The Hall–Kier alpha value is -0.890. The van der Waals surface area contributed by atoms with E-state index in [0.29, 0.717) is 6.42 Å². The summed E-state index contributed by atoms with van der Waals surface area (Å²) >= 11 is 0. The summed E-state index contributed by atoms with van der Waals surface area (Å²) in [5.41, 5.74) is 3.23. The second-order valence-corrected chi connectivity index (χ2v) is 5.13. The van der Waals surface area contributed by atoms with Crippen molar-refractivity contribution >= 4 is 5.78 Å². The van der Waals surface area contributed by atoms with E-state index in [2.05, 4.69) is 20.3 Å². The highest BCUT2D eigenvalue weighted by Gasteiger charge is 2.35. The third kappa shape index (κ3) is 2.82. The summed E-state index contributed by atoms with van der Waals surface area (Å²) in [6.07, 6.45) is 5.30. The fourth-order valence-corrected chi connectivity index (χ4v) is 2.24. The van der Waals surface area contributed by atoms with Gasteiger partial charge in [0, 0.05) is 6.42 Å². The van der Waals surface area contributed by atoms with Crippen LogP contribution in [0.3, 0.4) is 0 Å². The molecule has 0 spiro atoms. The van der Waals surface area contributed by atoms with E-state index in [0.717, 1.165) is 17.6 Å². The predicted octanol–water partition coefficient (Wildman–Crippen LogP) is 2.83. The normalized spacial score (nSPS) is 20.8. The highest BCUT2D eigenvalue weighted by atomic mass is 16.2. The molecule has 2 heteroatoms. The first-order chi connectivity index (χ1) is 7.38. The largest absolute Gasteiger partial charge is 0.392 e. The number of ketones is 1. The van der Waals surface area contributed by atoms with E-state index >= 15 is 0 Å². The molecule has 1 N–H and O–H groups in total. The van der Waals surface area contributed by atoms with Crippen LogP contribution >= 0.6 is 0 Å². The number of carbonyl (C=O) groups is 1. The van der Waals surface area contributed by atoms with Crippen LogP contribution < -0.4 is 0 Å². The van der Waals surface area contributed by atoms with Crippen molar-refractivity contribution in [2.24, 2.45) is 5.41 Å². The Labute approximate surface area is 98.1 Å². The molecule has 1 rings (SSSR count). The standard InChI is InChI=1S/C14H21O2/c1-10(7-8-15)5-6-12-11(2)13(16)9-14(12,3)4/h5,7,15H,6,8-9H2,1-4H3/b10-7+. The van der Waals surface area contributed by atoms with Gasteiger partial charge in [0.25, 0.3) is 0 Å². The third-order valence-electron chi connectivity index (χ3n) is 3.33. The van der Waals surface area contributed by atoms with E-state index in [4.69, 9.17) is 5.11 Å². The van der Waals surface area contributed by atoms with Crippen molar-refractivity contribution in [3.63, 3.8) is 0 Å². The summed E-state index contributed by atoms with van der Waals surface area (Å²) in [6.45, 7) is 8.20. The van der Waals surface area contributed by atoms with Gasteiger partial charge >= 0.3 is 0 Å². The van der Waals surface area contributed by atoms with E-state index in [1.807, 2.05) is 13.8 Å². The fraction of sp³-hybridized carbons (Fsp3) is 0.571. The van der Waals surface area contributed by atoms with E-state index in [1.165, 1.54) is 5.57 Å². The molecule has 0 aromatic heterocycles. The molecular formula is C14H21O2. The van der Waals surface area contributed by atoms with Crippen molar-refractivity contribution in [1.82, 2.24) is 0 Å². The minimum absolute atomic E-state index is 0.00282. The van der Waals surface area contributed by atoms with Gasteiger partial charge < -0.3 is 5.11 Å². The van der Waals surface area contributed by atoms with Crippen LogP contribution in [0.15, 0.2) is 22.8 Å². The first-order valence-corrected chi connectivity index (χ1v) is 5.72. The molecule has 0 aromatic carbocycles. The smallest absolute Gasteiger partial charge is 0.159 e. The Kier molecular flexibility index (Phi) is 4.09. The molecular weight excluding hydrogens is 200 g/mol. The molecule has 0 aliphatic heterocycles. The first-order valence-electron chi connectivity index (χ1n) is 5.72. The molecule has 0 heterocycles. The highest BCUT2D eigenvalue weighted by molar-refractivity contribution is 5.99. The molecule has 0 bridgehead atoms. The molecule has 0 saturated carbocycles. The van der Waals surface area contributed by atoms with Crippen molar-refractivity contribution in [1.29, 1.82) is 0 Å². The summed E-state index contributed by atoms with van der Waals surface area (Å²) < 4.78 is 0. The van der Waals surface area contributed by atoms with Crippen LogP contribution in [0.5, 0.6) is 0 Å². The number of Topliss-reactive ketones (excluding diaryl/α,β-unsaturated/α-hetero) is 1. The summed E-state index contributed by atoms with van der Waals surface area (Å²) in [6, 6.07) is 0. The second-order valence-electron chi connectivity index (χ2n) is 5.13. The molecule has 2 nitrogen and oxygen atoms in total. The number of hydrogen-bond donors (Lipinski definition) is 1. The van der Waals surface area contributed by atoms with Crippen molar-refractivity contribution in [2.45, 2.75) is 40.5 Å². The fourth-order valence-electron chi connectivity index (χ4n) is 2.24. The van der Waals surface area contributed by atoms with Crippen LogP contribution in [-0.4, -0.2) is 17.5 Å². The van der Waals surface area contributed by atoms with Crippen molar-refractivity contribution in [2.75, 3.05) is 6.61 Å². The van der Waals surface area contributed by atoms with Gasteiger partial charge in [-0.15, -0.1) is 0 Å². The van der Waals surface area contributed by atoms with Gasteiger partial charge in [-0.05, 0) is 37.7 Å². The summed E-state index contributed by atoms with van der Waals surface area (Å²) in [4.78, 5) is 11.6. The maximum Gasteiger partial charge on any atom is 0.159 e. The van der Waals surface area contributed by atoms with Crippen LogP contribution in [0.4, 0.5) is 0 Å². The summed E-state index contributed by atoms with van der Waals surface area (Å²) in [5, 5.41) is 8.76. The average molecular weight is 221 g/mol. The molecule has 0 saturated heterocycles. The molecule has 0 fully saturated rings. The number of rotatable bonds is 4. The van der Waals surface area contributed by atoms with Gasteiger partial charge in [-0.1, -0.05) is 31.1 Å². The van der Waals surface area contributed by atoms with Crippen molar-refractivity contribution < 1.29 is 9.90 Å². The number of carbonyl (C=O) groups excluding carboxylic acids is 1. The molecule has 0 aromatic rings. The Morgan fingerprint density at radius 2 is 2.12 bits per heavy atom. The lowest BCUT2D eigenvalue weighted by Gasteiger charge is -2.22. The number of hydrogen-bond acceptors (Lipinski definition) is 2. The Balaban J connectivity index is 2.73. The van der Waals surface area contributed by atoms with Crippen molar-refractivity contribution in [3.8, 4) is 0 Å². The quantitative estimate of drug-likeness (QED) is 0.792. The number of aliphatic hydroxyl groups is 1. The van der Waals surface area contributed by atoms with Crippen molar-refractivity contribution in [3.05, 3.63) is 29.2 Å². The molecule has 89 valence electrons. The molecule has 1 radical (unpaired) electrons. The number of allylic oxidation sites excluding steroid dienone is 3. The minimum Gasteiger partial charge on any atom is -0.392 e. The lowest BCUT2D eigenvalue weighted by Crippen LogP contribution is -2.11. The molecule has 1 aliphatic rings. The molecule has 16 heavy (non-hydrogen) atoms. The summed E-state index contributed by atoms with van der Waals surface area (Å²) in [7, 11) is 0. The van der Waals surface area contributed by atoms with Gasteiger partial charge in [-0.25, -0.2) is 0 Å². The van der Waals surface area contributed by atoms with Gasteiger partial charge in [0.1, 0.15) is 0 Å². The minimum atomic E-state index is -0.00282. The van der Waals surface area contributed by atoms with Crippen LogP contribution in [0, 0.1) is 11.8 Å². The van der Waals surface area contributed by atoms with E-state index in [1.54, 1.807) is 6.08 Å². The molecule has 0 unspecified atom stereocenters. The highest BCUT2D eigenvalue weighted by Crippen LogP contribution is 2.42. The lowest BCUT2D eigenvalue weighted by molar-refractivity contribution is -0.115. The average Bonchev–Trinajstić information content (AvgIpc) is 2.34.